The second-order valence-corrected chi connectivity index (χ2v) is 5.79. The summed E-state index contributed by atoms with van der Waals surface area (Å²) in [4.78, 5) is 34.2. The Bertz CT molecular complexity index is 530. The number of carbonyl (C=O) groups is 3. The average molecular weight is 307 g/mol. The molecule has 0 saturated carbocycles. The number of esters is 1. The van der Waals surface area contributed by atoms with Crippen molar-refractivity contribution in [2.24, 2.45) is 0 Å². The number of hydrogen-bond donors (Lipinski definition) is 1. The second kappa shape index (κ2) is 7.59. The van der Waals surface area contributed by atoms with Crippen LogP contribution in [0.1, 0.15) is 36.7 Å². The van der Waals surface area contributed by atoms with Crippen molar-refractivity contribution in [3.63, 3.8) is 0 Å². The summed E-state index contributed by atoms with van der Waals surface area (Å²) in [5, 5.41) is 2.50. The molecule has 1 unspecified atom stereocenters. The van der Waals surface area contributed by atoms with E-state index in [2.05, 4.69) is 5.32 Å². The minimum atomic E-state index is -0.859. The number of rotatable bonds is 5. The smallest absolute Gasteiger partial charge is 0.408 e. The third-order valence-electron chi connectivity index (χ3n) is 2.73. The quantitative estimate of drug-likeness (QED) is 0.665. The van der Waals surface area contributed by atoms with Crippen molar-refractivity contribution < 1.29 is 23.9 Å². The van der Waals surface area contributed by atoms with Gasteiger partial charge in [-0.25, -0.2) is 9.59 Å². The first kappa shape index (κ1) is 17.7. The fourth-order valence-electron chi connectivity index (χ4n) is 1.75. The van der Waals surface area contributed by atoms with Gasteiger partial charge in [-0.1, -0.05) is 24.3 Å². The number of ether oxygens (including phenoxy) is 2. The Balaban J connectivity index is 2.77. The molecule has 0 aliphatic carbocycles. The summed E-state index contributed by atoms with van der Waals surface area (Å²) in [5.74, 6) is -0.565. The molecular formula is C16H21NO5. The van der Waals surface area contributed by atoms with E-state index in [0.717, 1.165) is 11.8 Å². The van der Waals surface area contributed by atoms with Crippen molar-refractivity contribution in [2.45, 2.75) is 38.8 Å². The Morgan fingerprint density at radius 3 is 2.27 bits per heavy atom. The van der Waals surface area contributed by atoms with Crippen LogP contribution in [0.15, 0.2) is 24.3 Å². The molecule has 0 aliphatic rings. The van der Waals surface area contributed by atoms with E-state index in [4.69, 9.17) is 9.47 Å². The molecule has 1 atom stereocenters. The lowest BCUT2D eigenvalue weighted by Crippen LogP contribution is -2.45. The lowest BCUT2D eigenvalue weighted by molar-refractivity contribution is -0.143. The molecule has 0 saturated heterocycles. The van der Waals surface area contributed by atoms with E-state index in [1.807, 2.05) is 0 Å². The third-order valence-corrected chi connectivity index (χ3v) is 2.73. The summed E-state index contributed by atoms with van der Waals surface area (Å²) in [6.45, 7) is 5.20. The maximum atomic E-state index is 11.8. The van der Waals surface area contributed by atoms with Crippen LogP contribution in [0.4, 0.5) is 4.79 Å². The van der Waals surface area contributed by atoms with Crippen LogP contribution in [0, 0.1) is 0 Å². The number of carbonyl (C=O) groups excluding carboxylic acids is 3. The molecule has 1 aromatic carbocycles. The number of benzene rings is 1. The van der Waals surface area contributed by atoms with Crippen molar-refractivity contribution in [2.75, 3.05) is 7.11 Å². The Hall–Kier alpha value is -2.37. The highest BCUT2D eigenvalue weighted by Gasteiger charge is 2.25. The summed E-state index contributed by atoms with van der Waals surface area (Å²) in [5.41, 5.74) is 0.673. The van der Waals surface area contributed by atoms with Crippen molar-refractivity contribution in [3.05, 3.63) is 35.4 Å². The topological polar surface area (TPSA) is 81.7 Å². The summed E-state index contributed by atoms with van der Waals surface area (Å²) >= 11 is 0. The van der Waals surface area contributed by atoms with Gasteiger partial charge in [0.15, 0.2) is 0 Å². The lowest BCUT2D eigenvalue weighted by Gasteiger charge is -2.22. The first-order chi connectivity index (χ1) is 10.2. The predicted octanol–water partition coefficient (Wildman–Crippen LogP) is 2.11. The van der Waals surface area contributed by atoms with Gasteiger partial charge in [0, 0.05) is 12.0 Å². The van der Waals surface area contributed by atoms with Crippen LogP contribution in [0.25, 0.3) is 0 Å². The number of aldehydes is 1. The lowest BCUT2D eigenvalue weighted by atomic mass is 10.0. The number of alkyl carbamates (subject to hydrolysis) is 1. The van der Waals surface area contributed by atoms with Crippen molar-refractivity contribution >= 4 is 18.3 Å². The maximum absolute atomic E-state index is 11.8. The molecule has 0 fully saturated rings. The molecule has 22 heavy (non-hydrogen) atoms. The zero-order valence-electron chi connectivity index (χ0n) is 13.2. The van der Waals surface area contributed by atoms with Gasteiger partial charge >= 0.3 is 12.1 Å². The fourth-order valence-corrected chi connectivity index (χ4v) is 1.75. The minimum absolute atomic E-state index is 0.241. The molecule has 0 aromatic heterocycles. The van der Waals surface area contributed by atoms with Gasteiger partial charge in [0.05, 0.1) is 7.11 Å². The van der Waals surface area contributed by atoms with Crippen LogP contribution in [0.3, 0.4) is 0 Å². The number of amides is 1. The van der Waals surface area contributed by atoms with Crippen LogP contribution in [-0.2, 0) is 20.7 Å². The normalized spacial score (nSPS) is 12.2. The van der Waals surface area contributed by atoms with Crippen LogP contribution in [0.5, 0.6) is 0 Å². The van der Waals surface area contributed by atoms with E-state index in [1.54, 1.807) is 45.0 Å². The number of methoxy groups -OCH3 is 1. The third kappa shape index (κ3) is 5.95. The van der Waals surface area contributed by atoms with E-state index < -0.39 is 23.7 Å². The summed E-state index contributed by atoms with van der Waals surface area (Å²) in [6.07, 6.45) is 0.290. The van der Waals surface area contributed by atoms with Gasteiger partial charge in [0.25, 0.3) is 0 Å². The molecule has 6 heteroatoms. The van der Waals surface area contributed by atoms with Crippen LogP contribution >= 0.6 is 0 Å². The number of nitrogens with one attached hydrogen (secondary N) is 1. The first-order valence-electron chi connectivity index (χ1n) is 6.86. The summed E-state index contributed by atoms with van der Waals surface area (Å²) in [6, 6.07) is 5.86. The van der Waals surface area contributed by atoms with Crippen molar-refractivity contribution in [1.82, 2.24) is 5.32 Å². The van der Waals surface area contributed by atoms with Crippen LogP contribution in [-0.4, -0.2) is 37.1 Å². The molecule has 1 N–H and O–H groups in total. The fraction of sp³-hybridized carbons (Fsp3) is 0.438. The summed E-state index contributed by atoms with van der Waals surface area (Å²) in [7, 11) is 1.25. The van der Waals surface area contributed by atoms with Gasteiger partial charge in [0.1, 0.15) is 17.9 Å². The molecule has 0 heterocycles. The Kier molecular flexibility index (Phi) is 6.10. The maximum Gasteiger partial charge on any atom is 0.408 e. The van der Waals surface area contributed by atoms with E-state index in [0.29, 0.717) is 5.56 Å². The predicted molar refractivity (Wildman–Crippen MR) is 80.7 cm³/mol. The van der Waals surface area contributed by atoms with Crippen molar-refractivity contribution in [3.8, 4) is 0 Å². The molecule has 0 aliphatic heterocycles. The average Bonchev–Trinajstić information content (AvgIpc) is 2.44. The zero-order valence-corrected chi connectivity index (χ0v) is 13.2. The van der Waals surface area contributed by atoms with Gasteiger partial charge in [-0.05, 0) is 26.3 Å². The second-order valence-electron chi connectivity index (χ2n) is 5.79. The van der Waals surface area contributed by atoms with Gasteiger partial charge < -0.3 is 14.8 Å². The Morgan fingerprint density at radius 1 is 1.23 bits per heavy atom. The summed E-state index contributed by atoms with van der Waals surface area (Å²) < 4.78 is 9.83. The molecule has 0 spiro atoms. The zero-order chi connectivity index (χ0) is 16.8. The Labute approximate surface area is 129 Å². The SMILES string of the molecule is COC(=O)C(Cc1ccc(C=O)cc1)NC(=O)OC(C)(C)C. The van der Waals surface area contributed by atoms with Crippen LogP contribution in [0.2, 0.25) is 0 Å². The number of hydrogen-bond acceptors (Lipinski definition) is 5. The van der Waals surface area contributed by atoms with E-state index in [1.165, 1.54) is 7.11 Å². The minimum Gasteiger partial charge on any atom is -0.467 e. The Morgan fingerprint density at radius 2 is 1.82 bits per heavy atom. The first-order valence-corrected chi connectivity index (χ1v) is 6.86. The molecule has 0 bridgehead atoms. The molecule has 0 radical (unpaired) electrons. The van der Waals surface area contributed by atoms with Crippen molar-refractivity contribution in [1.29, 1.82) is 0 Å². The van der Waals surface area contributed by atoms with Gasteiger partial charge in [0.2, 0.25) is 0 Å². The highest BCUT2D eigenvalue weighted by molar-refractivity contribution is 5.81. The van der Waals surface area contributed by atoms with Gasteiger partial charge in [-0.15, -0.1) is 0 Å². The van der Waals surface area contributed by atoms with Gasteiger partial charge in [-0.2, -0.15) is 0 Å². The van der Waals surface area contributed by atoms with Crippen LogP contribution < -0.4 is 5.32 Å². The monoisotopic (exact) mass is 307 g/mol. The molecule has 1 rings (SSSR count). The standard InChI is InChI=1S/C16H21NO5/c1-16(2,3)22-15(20)17-13(14(19)21-4)9-11-5-7-12(10-18)8-6-11/h5-8,10,13H,9H2,1-4H3,(H,17,20). The van der Waals surface area contributed by atoms with Gasteiger partial charge in [-0.3, -0.25) is 4.79 Å². The molecule has 6 nitrogen and oxygen atoms in total. The van der Waals surface area contributed by atoms with E-state index in [9.17, 15) is 14.4 Å². The molecule has 1 amide bonds. The molecule has 1 aromatic rings. The van der Waals surface area contributed by atoms with E-state index in [-0.39, 0.29) is 6.42 Å². The molecule has 120 valence electrons. The largest absolute Gasteiger partial charge is 0.467 e. The highest BCUT2D eigenvalue weighted by Crippen LogP contribution is 2.10. The van der Waals surface area contributed by atoms with E-state index >= 15 is 0 Å². The highest BCUT2D eigenvalue weighted by atomic mass is 16.6. The molecular weight excluding hydrogens is 286 g/mol.